The minimum Gasteiger partial charge on any atom is -0.378 e. The Morgan fingerprint density at radius 3 is 2.37 bits per heavy atom. The zero-order valence-electron chi connectivity index (χ0n) is 11.9. The lowest BCUT2D eigenvalue weighted by molar-refractivity contribution is -0.132. The van der Waals surface area contributed by atoms with Gasteiger partial charge in [-0.1, -0.05) is 6.92 Å². The maximum Gasteiger partial charge on any atom is 0.231 e. The first kappa shape index (κ1) is 13.9. The monoisotopic (exact) mass is 261 g/mol. The highest BCUT2D eigenvalue weighted by Crippen LogP contribution is 2.45. The Hall–Kier alpha value is -1.55. The van der Waals surface area contributed by atoms with E-state index in [1.54, 1.807) is 0 Å². The highest BCUT2D eigenvalue weighted by molar-refractivity contribution is 5.96. The van der Waals surface area contributed by atoms with Crippen molar-refractivity contribution in [3.8, 4) is 0 Å². The van der Waals surface area contributed by atoms with E-state index in [0.717, 1.165) is 24.2 Å². The molecule has 0 unspecified atom stereocenters. The molecule has 1 saturated carbocycles. The third-order valence-corrected chi connectivity index (χ3v) is 3.99. The van der Waals surface area contributed by atoms with Crippen molar-refractivity contribution in [2.45, 2.75) is 19.8 Å². The Labute approximate surface area is 115 Å². The summed E-state index contributed by atoms with van der Waals surface area (Å²) in [7, 11) is 3.99. The first-order chi connectivity index (χ1) is 8.97. The molecule has 4 heteroatoms. The molecule has 1 aliphatic carbocycles. The highest BCUT2D eigenvalue weighted by Gasteiger charge is 2.47. The number of carbonyl (C=O) groups is 1. The SMILES string of the molecule is CC1CC(CN)(C(=O)Nc2ccc(N(C)C)cc2)C1. The van der Waals surface area contributed by atoms with Crippen molar-refractivity contribution in [2.75, 3.05) is 30.9 Å². The summed E-state index contributed by atoms with van der Waals surface area (Å²) in [6.07, 6.45) is 1.79. The molecule has 0 heterocycles. The molecule has 2 rings (SSSR count). The topological polar surface area (TPSA) is 58.4 Å². The van der Waals surface area contributed by atoms with E-state index in [2.05, 4.69) is 12.2 Å². The number of nitrogens with one attached hydrogen (secondary N) is 1. The van der Waals surface area contributed by atoms with Gasteiger partial charge in [-0.25, -0.2) is 0 Å². The molecule has 1 aromatic carbocycles. The molecule has 1 aliphatic rings. The van der Waals surface area contributed by atoms with Crippen LogP contribution in [0.15, 0.2) is 24.3 Å². The maximum atomic E-state index is 12.3. The van der Waals surface area contributed by atoms with Crippen LogP contribution in [0.25, 0.3) is 0 Å². The van der Waals surface area contributed by atoms with Crippen molar-refractivity contribution in [1.82, 2.24) is 0 Å². The van der Waals surface area contributed by atoms with Gasteiger partial charge in [-0.05, 0) is 43.0 Å². The van der Waals surface area contributed by atoms with E-state index < -0.39 is 0 Å². The van der Waals surface area contributed by atoms with Crippen molar-refractivity contribution in [2.24, 2.45) is 17.1 Å². The Kier molecular flexibility index (Phi) is 3.80. The number of hydrogen-bond acceptors (Lipinski definition) is 3. The maximum absolute atomic E-state index is 12.3. The van der Waals surface area contributed by atoms with Crippen LogP contribution in [0.4, 0.5) is 11.4 Å². The molecule has 0 radical (unpaired) electrons. The molecule has 0 aromatic heterocycles. The summed E-state index contributed by atoms with van der Waals surface area (Å²) in [5, 5.41) is 2.98. The Morgan fingerprint density at radius 2 is 1.95 bits per heavy atom. The zero-order valence-corrected chi connectivity index (χ0v) is 11.9. The molecule has 1 fully saturated rings. The summed E-state index contributed by atoms with van der Waals surface area (Å²) in [5.41, 5.74) is 7.39. The smallest absolute Gasteiger partial charge is 0.231 e. The largest absolute Gasteiger partial charge is 0.378 e. The second-order valence-electron chi connectivity index (χ2n) is 5.89. The van der Waals surface area contributed by atoms with Gasteiger partial charge in [0.1, 0.15) is 0 Å². The van der Waals surface area contributed by atoms with E-state index in [-0.39, 0.29) is 11.3 Å². The first-order valence-electron chi connectivity index (χ1n) is 6.76. The van der Waals surface area contributed by atoms with E-state index in [0.29, 0.717) is 12.5 Å². The van der Waals surface area contributed by atoms with E-state index in [9.17, 15) is 4.79 Å². The fraction of sp³-hybridized carbons (Fsp3) is 0.533. The van der Waals surface area contributed by atoms with Gasteiger partial charge in [0, 0.05) is 32.0 Å². The molecule has 3 N–H and O–H groups in total. The summed E-state index contributed by atoms with van der Waals surface area (Å²) in [6, 6.07) is 7.85. The van der Waals surface area contributed by atoms with Crippen LogP contribution in [-0.4, -0.2) is 26.5 Å². The summed E-state index contributed by atoms with van der Waals surface area (Å²) in [4.78, 5) is 14.3. The standard InChI is InChI=1S/C15H23N3O/c1-11-8-15(9-11,10-16)14(19)17-12-4-6-13(7-5-12)18(2)3/h4-7,11H,8-10,16H2,1-3H3,(H,17,19). The van der Waals surface area contributed by atoms with Gasteiger partial charge in [0.25, 0.3) is 0 Å². The van der Waals surface area contributed by atoms with Crippen molar-refractivity contribution in [3.63, 3.8) is 0 Å². The minimum absolute atomic E-state index is 0.0608. The van der Waals surface area contributed by atoms with Crippen LogP contribution < -0.4 is 16.0 Å². The number of nitrogens with two attached hydrogens (primary N) is 1. The summed E-state index contributed by atoms with van der Waals surface area (Å²) < 4.78 is 0. The number of hydrogen-bond donors (Lipinski definition) is 2. The number of benzene rings is 1. The van der Waals surface area contributed by atoms with Crippen LogP contribution >= 0.6 is 0 Å². The van der Waals surface area contributed by atoms with Gasteiger partial charge in [0.05, 0.1) is 5.41 Å². The van der Waals surface area contributed by atoms with Gasteiger partial charge in [0.15, 0.2) is 0 Å². The van der Waals surface area contributed by atoms with Gasteiger partial charge >= 0.3 is 0 Å². The second-order valence-corrected chi connectivity index (χ2v) is 5.89. The second kappa shape index (κ2) is 5.21. The van der Waals surface area contributed by atoms with Gasteiger partial charge in [-0.15, -0.1) is 0 Å². The Bertz CT molecular complexity index is 447. The molecule has 1 amide bonds. The highest BCUT2D eigenvalue weighted by atomic mass is 16.2. The predicted molar refractivity (Wildman–Crippen MR) is 79.3 cm³/mol. The van der Waals surface area contributed by atoms with E-state index >= 15 is 0 Å². The van der Waals surface area contributed by atoms with Crippen LogP contribution in [0.1, 0.15) is 19.8 Å². The molecule has 19 heavy (non-hydrogen) atoms. The Balaban J connectivity index is 2.02. The molecule has 4 nitrogen and oxygen atoms in total. The third kappa shape index (κ3) is 2.73. The van der Waals surface area contributed by atoms with Crippen LogP contribution in [0.5, 0.6) is 0 Å². The molecule has 0 aliphatic heterocycles. The quantitative estimate of drug-likeness (QED) is 0.872. The van der Waals surface area contributed by atoms with Gasteiger partial charge in [-0.3, -0.25) is 4.79 Å². The lowest BCUT2D eigenvalue weighted by atomic mass is 9.62. The summed E-state index contributed by atoms with van der Waals surface area (Å²) in [6.45, 7) is 2.59. The molecule has 0 bridgehead atoms. The normalized spacial score (nSPS) is 25.6. The van der Waals surface area contributed by atoms with Crippen LogP contribution in [0, 0.1) is 11.3 Å². The predicted octanol–water partition coefficient (Wildman–Crippen LogP) is 2.07. The average molecular weight is 261 g/mol. The lowest BCUT2D eigenvalue weighted by Gasteiger charge is -2.44. The molecule has 104 valence electrons. The lowest BCUT2D eigenvalue weighted by Crippen LogP contribution is -2.51. The molecular formula is C15H23N3O. The first-order valence-corrected chi connectivity index (χ1v) is 6.76. The van der Waals surface area contributed by atoms with Gasteiger partial charge in [0.2, 0.25) is 5.91 Å². The molecular weight excluding hydrogens is 238 g/mol. The van der Waals surface area contributed by atoms with Crippen molar-refractivity contribution < 1.29 is 4.79 Å². The third-order valence-electron chi connectivity index (χ3n) is 3.99. The summed E-state index contributed by atoms with van der Waals surface area (Å²) >= 11 is 0. The molecule has 0 spiro atoms. The van der Waals surface area contributed by atoms with Crippen LogP contribution in [-0.2, 0) is 4.79 Å². The van der Waals surface area contributed by atoms with Crippen molar-refractivity contribution in [3.05, 3.63) is 24.3 Å². The van der Waals surface area contributed by atoms with Gasteiger partial charge in [-0.2, -0.15) is 0 Å². The summed E-state index contributed by atoms with van der Waals surface area (Å²) in [5.74, 6) is 0.663. The van der Waals surface area contributed by atoms with E-state index in [1.165, 1.54) is 0 Å². The van der Waals surface area contributed by atoms with Crippen molar-refractivity contribution >= 4 is 17.3 Å². The van der Waals surface area contributed by atoms with Crippen molar-refractivity contribution in [1.29, 1.82) is 0 Å². The zero-order chi connectivity index (χ0) is 14.0. The fourth-order valence-corrected chi connectivity index (χ4v) is 2.83. The minimum atomic E-state index is -0.348. The number of nitrogens with zero attached hydrogens (tertiary/aromatic N) is 1. The molecule has 1 aromatic rings. The van der Waals surface area contributed by atoms with E-state index in [4.69, 9.17) is 5.73 Å². The fourth-order valence-electron chi connectivity index (χ4n) is 2.83. The van der Waals surface area contributed by atoms with Crippen LogP contribution in [0.3, 0.4) is 0 Å². The number of amides is 1. The number of carbonyl (C=O) groups excluding carboxylic acids is 1. The Morgan fingerprint density at radius 1 is 1.37 bits per heavy atom. The number of rotatable bonds is 4. The average Bonchev–Trinajstić information content (AvgIpc) is 2.35. The van der Waals surface area contributed by atoms with Crippen LogP contribution in [0.2, 0.25) is 0 Å². The number of anilines is 2. The van der Waals surface area contributed by atoms with E-state index in [1.807, 2.05) is 43.3 Å². The molecule has 0 atom stereocenters. The van der Waals surface area contributed by atoms with Gasteiger partial charge < -0.3 is 16.0 Å². The molecule has 0 saturated heterocycles.